The van der Waals surface area contributed by atoms with Gasteiger partial charge in [0.2, 0.25) is 0 Å². The monoisotopic (exact) mass is 314 g/mol. The van der Waals surface area contributed by atoms with Crippen LogP contribution in [0.5, 0.6) is 11.5 Å². The van der Waals surface area contributed by atoms with Gasteiger partial charge in [0.1, 0.15) is 13.2 Å². The van der Waals surface area contributed by atoms with Crippen LogP contribution in [0, 0.1) is 13.8 Å². The smallest absolute Gasteiger partial charge is 0.173 e. The molecule has 2 aromatic carbocycles. The number of rotatable bonds is 4. The molecule has 1 aliphatic rings. The number of carbonyl (C=O) groups is 1. The van der Waals surface area contributed by atoms with Gasteiger partial charge in [-0.25, -0.2) is 0 Å². The molecule has 4 heteroatoms. The van der Waals surface area contributed by atoms with Gasteiger partial charge in [-0.15, -0.1) is 11.8 Å². The second-order valence-electron chi connectivity index (χ2n) is 5.34. The first-order chi connectivity index (χ1) is 10.6. The normalized spacial score (nSPS) is 13.0. The molecule has 0 saturated carbocycles. The van der Waals surface area contributed by atoms with Gasteiger partial charge in [-0.3, -0.25) is 4.79 Å². The van der Waals surface area contributed by atoms with Gasteiger partial charge in [0.25, 0.3) is 0 Å². The van der Waals surface area contributed by atoms with Crippen LogP contribution in [0.4, 0.5) is 0 Å². The molecule has 0 radical (unpaired) electrons. The topological polar surface area (TPSA) is 35.5 Å². The predicted octanol–water partition coefficient (Wildman–Crippen LogP) is 4.05. The van der Waals surface area contributed by atoms with Crippen molar-refractivity contribution in [2.24, 2.45) is 0 Å². The summed E-state index contributed by atoms with van der Waals surface area (Å²) in [6.45, 7) is 5.22. The molecule has 0 N–H and O–H groups in total. The number of ether oxygens (including phenoxy) is 2. The number of Topliss-reactive ketones (excluding diaryl/α,β-unsaturated/α-hetero) is 1. The lowest BCUT2D eigenvalue weighted by Crippen LogP contribution is -2.16. The molecule has 3 nitrogen and oxygen atoms in total. The summed E-state index contributed by atoms with van der Waals surface area (Å²) in [7, 11) is 0. The summed E-state index contributed by atoms with van der Waals surface area (Å²) in [5.41, 5.74) is 3.08. The number of carbonyl (C=O) groups excluding carboxylic acids is 1. The number of ketones is 1. The SMILES string of the molecule is Cc1ccc(C)c(SCC(=O)c2ccc3c(c2)OCCO3)c1. The van der Waals surface area contributed by atoms with Crippen LogP contribution in [0.15, 0.2) is 41.3 Å². The molecule has 3 rings (SSSR count). The molecule has 0 unspecified atom stereocenters. The van der Waals surface area contributed by atoms with Crippen molar-refractivity contribution < 1.29 is 14.3 Å². The van der Waals surface area contributed by atoms with Gasteiger partial charge in [0.15, 0.2) is 17.3 Å². The lowest BCUT2D eigenvalue weighted by Gasteiger charge is -2.18. The Hall–Kier alpha value is -1.94. The molecule has 114 valence electrons. The summed E-state index contributed by atoms with van der Waals surface area (Å²) in [4.78, 5) is 13.5. The maximum Gasteiger partial charge on any atom is 0.173 e. The highest BCUT2D eigenvalue weighted by Crippen LogP contribution is 2.31. The average Bonchev–Trinajstić information content (AvgIpc) is 2.55. The summed E-state index contributed by atoms with van der Waals surface area (Å²) < 4.78 is 11.0. The van der Waals surface area contributed by atoms with Crippen molar-refractivity contribution in [1.29, 1.82) is 0 Å². The summed E-state index contributed by atoms with van der Waals surface area (Å²) in [6.07, 6.45) is 0. The zero-order chi connectivity index (χ0) is 15.5. The number of hydrogen-bond donors (Lipinski definition) is 0. The van der Waals surface area contributed by atoms with Crippen molar-refractivity contribution >= 4 is 17.5 Å². The summed E-state index contributed by atoms with van der Waals surface area (Å²) >= 11 is 1.58. The molecule has 0 atom stereocenters. The molecule has 0 aliphatic carbocycles. The van der Waals surface area contributed by atoms with Gasteiger partial charge in [-0.05, 0) is 43.7 Å². The van der Waals surface area contributed by atoms with Crippen LogP contribution >= 0.6 is 11.8 Å². The van der Waals surface area contributed by atoms with E-state index in [1.807, 2.05) is 6.07 Å². The third-order valence-corrected chi connectivity index (χ3v) is 4.72. The number of benzene rings is 2. The Kier molecular flexibility index (Phi) is 4.39. The zero-order valence-electron chi connectivity index (χ0n) is 12.7. The standard InChI is InChI=1S/C18H18O3S/c1-12-3-4-13(2)18(9-12)22-11-15(19)14-5-6-16-17(10-14)21-8-7-20-16/h3-6,9-10H,7-8,11H2,1-2H3. The fourth-order valence-corrected chi connectivity index (χ4v) is 3.32. The Bertz CT molecular complexity index is 709. The first-order valence-corrected chi connectivity index (χ1v) is 8.25. The van der Waals surface area contributed by atoms with E-state index in [1.54, 1.807) is 23.9 Å². The summed E-state index contributed by atoms with van der Waals surface area (Å²) in [6, 6.07) is 11.7. The van der Waals surface area contributed by atoms with E-state index in [0.29, 0.717) is 36.0 Å². The third-order valence-electron chi connectivity index (χ3n) is 3.57. The molecule has 1 aliphatic heterocycles. The number of aryl methyl sites for hydroxylation is 2. The van der Waals surface area contributed by atoms with Gasteiger partial charge in [0.05, 0.1) is 5.75 Å². The Morgan fingerprint density at radius 3 is 2.64 bits per heavy atom. The highest BCUT2D eigenvalue weighted by Gasteiger charge is 2.15. The Morgan fingerprint density at radius 2 is 1.82 bits per heavy atom. The number of hydrogen-bond acceptors (Lipinski definition) is 4. The van der Waals surface area contributed by atoms with Crippen LogP contribution in [-0.4, -0.2) is 24.7 Å². The van der Waals surface area contributed by atoms with Crippen LogP contribution in [0.1, 0.15) is 21.5 Å². The van der Waals surface area contributed by atoms with Crippen LogP contribution in [0.2, 0.25) is 0 Å². The fraction of sp³-hybridized carbons (Fsp3) is 0.278. The van der Waals surface area contributed by atoms with Gasteiger partial charge in [-0.2, -0.15) is 0 Å². The minimum absolute atomic E-state index is 0.0999. The number of thioether (sulfide) groups is 1. The highest BCUT2D eigenvalue weighted by molar-refractivity contribution is 8.00. The highest BCUT2D eigenvalue weighted by atomic mass is 32.2. The van der Waals surface area contributed by atoms with Crippen molar-refractivity contribution in [3.8, 4) is 11.5 Å². The van der Waals surface area contributed by atoms with Crippen LogP contribution in [0.3, 0.4) is 0 Å². The Labute approximate surface area is 134 Å². The van der Waals surface area contributed by atoms with Crippen LogP contribution in [-0.2, 0) is 0 Å². The van der Waals surface area contributed by atoms with Crippen molar-refractivity contribution in [2.45, 2.75) is 18.7 Å². The molecular weight excluding hydrogens is 296 g/mol. The lowest BCUT2D eigenvalue weighted by molar-refractivity contribution is 0.102. The lowest BCUT2D eigenvalue weighted by atomic mass is 10.1. The average molecular weight is 314 g/mol. The molecule has 1 heterocycles. The Balaban J connectivity index is 1.70. The molecule has 2 aromatic rings. The van der Waals surface area contributed by atoms with E-state index < -0.39 is 0 Å². The zero-order valence-corrected chi connectivity index (χ0v) is 13.5. The maximum atomic E-state index is 12.4. The van der Waals surface area contributed by atoms with Crippen molar-refractivity contribution in [2.75, 3.05) is 19.0 Å². The molecule has 0 saturated heterocycles. The molecule has 0 spiro atoms. The van der Waals surface area contributed by atoms with Gasteiger partial charge in [0, 0.05) is 10.5 Å². The quantitative estimate of drug-likeness (QED) is 0.630. The van der Waals surface area contributed by atoms with E-state index in [1.165, 1.54) is 11.1 Å². The third kappa shape index (κ3) is 3.28. The van der Waals surface area contributed by atoms with Crippen molar-refractivity contribution in [1.82, 2.24) is 0 Å². The van der Waals surface area contributed by atoms with E-state index in [-0.39, 0.29) is 5.78 Å². The molecule has 0 aromatic heterocycles. The molecule has 0 bridgehead atoms. The summed E-state index contributed by atoms with van der Waals surface area (Å²) in [5, 5.41) is 0. The minimum Gasteiger partial charge on any atom is -0.486 e. The number of fused-ring (bicyclic) bond motifs is 1. The van der Waals surface area contributed by atoms with Crippen LogP contribution in [0.25, 0.3) is 0 Å². The first kappa shape index (κ1) is 15.0. The second-order valence-corrected chi connectivity index (χ2v) is 6.36. The van der Waals surface area contributed by atoms with E-state index in [4.69, 9.17) is 9.47 Å². The van der Waals surface area contributed by atoms with E-state index >= 15 is 0 Å². The van der Waals surface area contributed by atoms with E-state index in [0.717, 1.165) is 4.90 Å². The van der Waals surface area contributed by atoms with Gasteiger partial charge < -0.3 is 9.47 Å². The molecule has 0 fully saturated rings. The largest absolute Gasteiger partial charge is 0.486 e. The fourth-order valence-electron chi connectivity index (χ4n) is 2.31. The molecular formula is C18H18O3S. The van der Waals surface area contributed by atoms with Gasteiger partial charge >= 0.3 is 0 Å². The maximum absolute atomic E-state index is 12.4. The molecule has 22 heavy (non-hydrogen) atoms. The second kappa shape index (κ2) is 6.44. The first-order valence-electron chi connectivity index (χ1n) is 7.26. The minimum atomic E-state index is 0.0999. The van der Waals surface area contributed by atoms with Gasteiger partial charge in [-0.1, -0.05) is 17.7 Å². The van der Waals surface area contributed by atoms with Crippen molar-refractivity contribution in [3.63, 3.8) is 0 Å². The molecule has 0 amide bonds. The van der Waals surface area contributed by atoms with Crippen LogP contribution < -0.4 is 9.47 Å². The van der Waals surface area contributed by atoms with E-state index in [9.17, 15) is 4.79 Å². The Morgan fingerprint density at radius 1 is 1.05 bits per heavy atom. The summed E-state index contributed by atoms with van der Waals surface area (Å²) in [5.74, 6) is 1.89. The van der Waals surface area contributed by atoms with Crippen molar-refractivity contribution in [3.05, 3.63) is 53.1 Å². The predicted molar refractivity (Wildman–Crippen MR) is 88.4 cm³/mol. The van der Waals surface area contributed by atoms with E-state index in [2.05, 4.69) is 32.0 Å².